The van der Waals surface area contributed by atoms with Crippen molar-refractivity contribution < 1.29 is 14.3 Å². The molecule has 1 aliphatic carbocycles. The number of aryl methyl sites for hydroxylation is 2. The Hall–Kier alpha value is -2.02. The minimum atomic E-state index is -0.266. The smallest absolute Gasteiger partial charge is 0.251 e. The van der Waals surface area contributed by atoms with Crippen LogP contribution < -0.4 is 5.32 Å². The molecule has 2 amide bonds. The molecule has 4 rings (SSSR count). The summed E-state index contributed by atoms with van der Waals surface area (Å²) in [4.78, 5) is 36.6. The molecule has 0 bridgehead atoms. The Bertz CT molecular complexity index is 762. The van der Waals surface area contributed by atoms with E-state index < -0.39 is 0 Å². The van der Waals surface area contributed by atoms with E-state index in [2.05, 4.69) is 5.32 Å². The fraction of sp³-hybridized carbons (Fsp3) is 0.739. The zero-order chi connectivity index (χ0) is 21.1. The summed E-state index contributed by atoms with van der Waals surface area (Å²) < 4.78 is 5.55. The topological polar surface area (TPSA) is 84.4 Å². The fourth-order valence-corrected chi connectivity index (χ4v) is 5.04. The monoisotopic (exact) mass is 414 g/mol. The van der Waals surface area contributed by atoms with E-state index in [1.54, 1.807) is 0 Å². The Kier molecular flexibility index (Phi) is 6.66. The lowest BCUT2D eigenvalue weighted by Gasteiger charge is -2.23. The Labute approximate surface area is 179 Å². The molecule has 3 aliphatic rings. The molecule has 3 fully saturated rings. The van der Waals surface area contributed by atoms with Gasteiger partial charge in [-0.05, 0) is 46.0 Å². The molecule has 0 radical (unpaired) electrons. The molecule has 1 N–H and O–H groups in total. The van der Waals surface area contributed by atoms with Crippen LogP contribution in [-0.4, -0.2) is 58.5 Å². The van der Waals surface area contributed by atoms with Gasteiger partial charge in [-0.3, -0.25) is 9.59 Å². The predicted octanol–water partition coefficient (Wildman–Crippen LogP) is 2.58. The van der Waals surface area contributed by atoms with E-state index in [1.165, 1.54) is 19.3 Å². The highest BCUT2D eigenvalue weighted by Crippen LogP contribution is 2.28. The van der Waals surface area contributed by atoms with Gasteiger partial charge in [-0.15, -0.1) is 0 Å². The van der Waals surface area contributed by atoms with E-state index in [9.17, 15) is 9.59 Å². The number of hydrogen-bond acceptors (Lipinski definition) is 5. The molecular formula is C23H34N4O3. The minimum absolute atomic E-state index is 0.0682. The number of ether oxygens (including phenoxy) is 1. The molecule has 164 valence electrons. The Balaban J connectivity index is 1.37. The molecule has 3 heterocycles. The van der Waals surface area contributed by atoms with Crippen LogP contribution in [0.1, 0.15) is 80.1 Å². The van der Waals surface area contributed by atoms with E-state index in [1.807, 2.05) is 18.7 Å². The molecule has 2 aliphatic heterocycles. The standard InChI is InChI=1S/C23H34N4O3/c1-15-19(13-21(28)26-18-7-4-3-5-8-18)16(2)25-22(24-15)17-10-11-27(14-17)23(29)20-9-6-12-30-20/h17-18,20H,3-14H2,1-2H3,(H,26,28). The SMILES string of the molecule is Cc1nc(C2CCN(C(=O)C3CCCO3)C2)nc(C)c1CC(=O)NC1CCCCC1. The van der Waals surface area contributed by atoms with Crippen molar-refractivity contribution in [3.63, 3.8) is 0 Å². The van der Waals surface area contributed by atoms with Crippen LogP contribution in [-0.2, 0) is 20.7 Å². The first-order valence-corrected chi connectivity index (χ1v) is 11.5. The normalized spacial score (nSPS) is 24.9. The van der Waals surface area contributed by atoms with Crippen molar-refractivity contribution in [2.45, 2.75) is 89.7 Å². The maximum atomic E-state index is 12.6. The third-order valence-corrected chi connectivity index (χ3v) is 6.82. The van der Waals surface area contributed by atoms with Gasteiger partial charge in [-0.25, -0.2) is 9.97 Å². The van der Waals surface area contributed by atoms with Crippen LogP contribution >= 0.6 is 0 Å². The first-order chi connectivity index (χ1) is 14.5. The highest BCUT2D eigenvalue weighted by Gasteiger charge is 2.35. The average Bonchev–Trinajstić information content (AvgIpc) is 3.43. The number of hydrogen-bond donors (Lipinski definition) is 1. The zero-order valence-electron chi connectivity index (χ0n) is 18.3. The van der Waals surface area contributed by atoms with E-state index >= 15 is 0 Å². The van der Waals surface area contributed by atoms with Crippen LogP contribution in [0.25, 0.3) is 0 Å². The molecule has 2 saturated heterocycles. The third kappa shape index (κ3) is 4.82. The number of aromatic nitrogens is 2. The van der Waals surface area contributed by atoms with Crippen LogP contribution in [0.5, 0.6) is 0 Å². The lowest BCUT2D eigenvalue weighted by molar-refractivity contribution is -0.139. The van der Waals surface area contributed by atoms with Gasteiger partial charge in [0.2, 0.25) is 5.91 Å². The second-order valence-electron chi connectivity index (χ2n) is 9.08. The van der Waals surface area contributed by atoms with Gasteiger partial charge in [-0.1, -0.05) is 19.3 Å². The second kappa shape index (κ2) is 9.41. The molecule has 0 aromatic carbocycles. The van der Waals surface area contributed by atoms with Gasteiger partial charge in [0.1, 0.15) is 11.9 Å². The molecule has 7 heteroatoms. The number of rotatable bonds is 5. The van der Waals surface area contributed by atoms with Gasteiger partial charge in [0.15, 0.2) is 0 Å². The highest BCUT2D eigenvalue weighted by molar-refractivity contribution is 5.81. The summed E-state index contributed by atoms with van der Waals surface area (Å²) in [6.45, 7) is 6.00. The summed E-state index contributed by atoms with van der Waals surface area (Å²) in [7, 11) is 0. The number of carbonyl (C=O) groups excluding carboxylic acids is 2. The lowest BCUT2D eigenvalue weighted by Crippen LogP contribution is -2.37. The Morgan fingerprint density at radius 3 is 2.43 bits per heavy atom. The van der Waals surface area contributed by atoms with Gasteiger partial charge in [0.05, 0.1) is 6.42 Å². The summed E-state index contributed by atoms with van der Waals surface area (Å²) in [5.41, 5.74) is 2.68. The fourth-order valence-electron chi connectivity index (χ4n) is 5.04. The van der Waals surface area contributed by atoms with Crippen molar-refractivity contribution in [3.8, 4) is 0 Å². The Morgan fingerprint density at radius 1 is 1.03 bits per heavy atom. The van der Waals surface area contributed by atoms with Crippen molar-refractivity contribution in [2.24, 2.45) is 0 Å². The van der Waals surface area contributed by atoms with Crippen molar-refractivity contribution in [3.05, 3.63) is 22.8 Å². The molecule has 7 nitrogen and oxygen atoms in total. The first-order valence-electron chi connectivity index (χ1n) is 11.5. The van der Waals surface area contributed by atoms with E-state index in [-0.39, 0.29) is 23.8 Å². The van der Waals surface area contributed by atoms with Gasteiger partial charge in [0.25, 0.3) is 5.91 Å². The van der Waals surface area contributed by atoms with Crippen LogP contribution in [0.15, 0.2) is 0 Å². The summed E-state index contributed by atoms with van der Waals surface area (Å²) in [6.07, 6.45) is 8.59. The molecule has 1 aromatic heterocycles. The maximum absolute atomic E-state index is 12.6. The van der Waals surface area contributed by atoms with Gasteiger partial charge < -0.3 is 15.0 Å². The van der Waals surface area contributed by atoms with Crippen LogP contribution in [0.3, 0.4) is 0 Å². The van der Waals surface area contributed by atoms with Gasteiger partial charge in [0, 0.05) is 48.6 Å². The molecular weight excluding hydrogens is 380 g/mol. The van der Waals surface area contributed by atoms with Crippen LogP contribution in [0.4, 0.5) is 0 Å². The maximum Gasteiger partial charge on any atom is 0.251 e. The van der Waals surface area contributed by atoms with E-state index in [0.717, 1.165) is 61.4 Å². The lowest BCUT2D eigenvalue weighted by atomic mass is 9.95. The van der Waals surface area contributed by atoms with E-state index in [4.69, 9.17) is 14.7 Å². The van der Waals surface area contributed by atoms with Gasteiger partial charge in [-0.2, -0.15) is 0 Å². The van der Waals surface area contributed by atoms with Crippen LogP contribution in [0, 0.1) is 13.8 Å². The molecule has 1 aromatic rings. The first kappa shape index (κ1) is 21.2. The number of nitrogens with one attached hydrogen (secondary N) is 1. The van der Waals surface area contributed by atoms with Crippen molar-refractivity contribution in [2.75, 3.05) is 19.7 Å². The predicted molar refractivity (Wildman–Crippen MR) is 113 cm³/mol. The van der Waals surface area contributed by atoms with Crippen molar-refractivity contribution in [1.29, 1.82) is 0 Å². The number of nitrogens with zero attached hydrogens (tertiary/aromatic N) is 3. The summed E-state index contributed by atoms with van der Waals surface area (Å²) in [5.74, 6) is 1.13. The number of likely N-dealkylation sites (tertiary alicyclic amines) is 1. The second-order valence-corrected chi connectivity index (χ2v) is 9.08. The molecule has 2 atom stereocenters. The third-order valence-electron chi connectivity index (χ3n) is 6.82. The van der Waals surface area contributed by atoms with Crippen molar-refractivity contribution in [1.82, 2.24) is 20.2 Å². The largest absolute Gasteiger partial charge is 0.368 e. The van der Waals surface area contributed by atoms with Crippen molar-refractivity contribution >= 4 is 11.8 Å². The van der Waals surface area contributed by atoms with Gasteiger partial charge >= 0.3 is 0 Å². The average molecular weight is 415 g/mol. The number of carbonyl (C=O) groups is 2. The van der Waals surface area contributed by atoms with E-state index in [0.29, 0.717) is 25.6 Å². The summed E-state index contributed by atoms with van der Waals surface area (Å²) >= 11 is 0. The molecule has 2 unspecified atom stereocenters. The minimum Gasteiger partial charge on any atom is -0.368 e. The summed E-state index contributed by atoms with van der Waals surface area (Å²) in [6, 6.07) is 0.318. The molecule has 30 heavy (non-hydrogen) atoms. The Morgan fingerprint density at radius 2 is 1.77 bits per heavy atom. The zero-order valence-corrected chi connectivity index (χ0v) is 18.3. The molecule has 0 spiro atoms. The molecule has 1 saturated carbocycles. The summed E-state index contributed by atoms with van der Waals surface area (Å²) in [5, 5.41) is 3.19. The van der Waals surface area contributed by atoms with Crippen LogP contribution in [0.2, 0.25) is 0 Å². The quantitative estimate of drug-likeness (QED) is 0.801. The highest BCUT2D eigenvalue weighted by atomic mass is 16.5. The number of amides is 2.